The molecule has 0 saturated carbocycles. The fourth-order valence-corrected chi connectivity index (χ4v) is 2.25. The topological polar surface area (TPSA) is 47.3 Å². The fourth-order valence-electron chi connectivity index (χ4n) is 2.25. The molecule has 1 aromatic carbocycles. The minimum absolute atomic E-state index is 0.436. The normalized spacial score (nSPS) is 19.5. The van der Waals surface area contributed by atoms with Gasteiger partial charge in [0.25, 0.3) is 0 Å². The third-order valence-electron chi connectivity index (χ3n) is 3.30. The second-order valence-electron chi connectivity index (χ2n) is 4.80. The number of hydrogen-bond acceptors (Lipinski definition) is 4. The van der Waals surface area contributed by atoms with Gasteiger partial charge >= 0.3 is 0 Å². The maximum atomic E-state index is 5.51. The molecule has 100 valence electrons. The van der Waals surface area contributed by atoms with Crippen LogP contribution in [0.1, 0.15) is 18.5 Å². The highest BCUT2D eigenvalue weighted by molar-refractivity contribution is 5.52. The number of rotatable bonds is 4. The molecule has 1 aliphatic heterocycles. The summed E-state index contributed by atoms with van der Waals surface area (Å²) < 4.78 is 10.9. The van der Waals surface area contributed by atoms with Gasteiger partial charge in [0.2, 0.25) is 5.89 Å². The van der Waals surface area contributed by atoms with Crippen LogP contribution in [0.25, 0.3) is 11.5 Å². The first-order valence-corrected chi connectivity index (χ1v) is 6.73. The summed E-state index contributed by atoms with van der Waals surface area (Å²) in [5.74, 6) is 0.678. The smallest absolute Gasteiger partial charge is 0.226 e. The Balaban J connectivity index is 1.59. The average Bonchev–Trinajstić information content (AvgIpc) is 2.96. The van der Waals surface area contributed by atoms with Crippen LogP contribution in [0.3, 0.4) is 0 Å². The van der Waals surface area contributed by atoms with Gasteiger partial charge in [-0.1, -0.05) is 18.2 Å². The van der Waals surface area contributed by atoms with Gasteiger partial charge in [0.1, 0.15) is 6.26 Å². The highest BCUT2D eigenvalue weighted by Gasteiger charge is 2.14. The molecule has 0 aliphatic carbocycles. The summed E-state index contributed by atoms with van der Waals surface area (Å²) in [6.45, 7) is 2.41. The molecule has 1 N–H and O–H groups in total. The van der Waals surface area contributed by atoms with Gasteiger partial charge in [-0.25, -0.2) is 4.98 Å². The van der Waals surface area contributed by atoms with Gasteiger partial charge < -0.3 is 14.5 Å². The van der Waals surface area contributed by atoms with Crippen molar-refractivity contribution in [3.63, 3.8) is 0 Å². The highest BCUT2D eigenvalue weighted by atomic mass is 16.5. The quantitative estimate of drug-likeness (QED) is 0.915. The molecular weight excluding hydrogens is 240 g/mol. The first kappa shape index (κ1) is 12.4. The number of oxazole rings is 1. The first-order chi connectivity index (χ1) is 9.42. The van der Waals surface area contributed by atoms with Crippen molar-refractivity contribution in [3.05, 3.63) is 42.3 Å². The fraction of sp³-hybridized carbons (Fsp3) is 0.400. The molecule has 2 heterocycles. The summed E-state index contributed by atoms with van der Waals surface area (Å²) in [6, 6.07) is 10.4. The van der Waals surface area contributed by atoms with Crippen LogP contribution in [0, 0.1) is 0 Å². The molecule has 3 rings (SSSR count). The van der Waals surface area contributed by atoms with Gasteiger partial charge in [-0.2, -0.15) is 0 Å². The Bertz CT molecular complexity index is 504. The number of ether oxygens (including phenoxy) is 1. The van der Waals surface area contributed by atoms with E-state index in [1.54, 1.807) is 6.26 Å². The molecule has 4 heteroatoms. The molecule has 0 spiro atoms. The third kappa shape index (κ3) is 3.22. The zero-order valence-corrected chi connectivity index (χ0v) is 10.8. The summed E-state index contributed by atoms with van der Waals surface area (Å²) in [4.78, 5) is 4.49. The van der Waals surface area contributed by atoms with Crippen LogP contribution < -0.4 is 5.32 Å². The minimum Gasteiger partial charge on any atom is -0.444 e. The van der Waals surface area contributed by atoms with Crippen molar-refractivity contribution in [2.45, 2.75) is 25.4 Å². The Morgan fingerprint density at radius 2 is 2.16 bits per heavy atom. The predicted molar refractivity (Wildman–Crippen MR) is 72.6 cm³/mol. The molecule has 1 aromatic heterocycles. The van der Waals surface area contributed by atoms with Crippen molar-refractivity contribution in [1.29, 1.82) is 0 Å². The van der Waals surface area contributed by atoms with Crippen LogP contribution in [0.2, 0.25) is 0 Å². The molecule has 0 radical (unpaired) electrons. The average molecular weight is 258 g/mol. The van der Waals surface area contributed by atoms with Gasteiger partial charge in [-0.05, 0) is 25.0 Å². The van der Waals surface area contributed by atoms with E-state index >= 15 is 0 Å². The number of nitrogens with one attached hydrogen (secondary N) is 1. The van der Waals surface area contributed by atoms with Crippen molar-refractivity contribution >= 4 is 0 Å². The molecule has 0 bridgehead atoms. The van der Waals surface area contributed by atoms with E-state index < -0.39 is 0 Å². The van der Waals surface area contributed by atoms with E-state index in [1.807, 2.05) is 30.3 Å². The lowest BCUT2D eigenvalue weighted by Crippen LogP contribution is -2.36. The van der Waals surface area contributed by atoms with E-state index in [9.17, 15) is 0 Å². The van der Waals surface area contributed by atoms with Crippen LogP contribution in [-0.2, 0) is 11.3 Å². The van der Waals surface area contributed by atoms with Crippen molar-refractivity contribution in [2.75, 3.05) is 13.2 Å². The van der Waals surface area contributed by atoms with Crippen LogP contribution in [-0.4, -0.2) is 24.2 Å². The SMILES string of the molecule is c1ccc(-c2nc(CN[C@H]3CCCOC3)co2)cc1. The van der Waals surface area contributed by atoms with Crippen LogP contribution in [0.5, 0.6) is 0 Å². The van der Waals surface area contributed by atoms with E-state index in [0.29, 0.717) is 11.9 Å². The second-order valence-corrected chi connectivity index (χ2v) is 4.80. The minimum atomic E-state index is 0.436. The second kappa shape index (κ2) is 5.99. The summed E-state index contributed by atoms with van der Waals surface area (Å²) in [6.07, 6.45) is 4.02. The molecule has 19 heavy (non-hydrogen) atoms. The maximum Gasteiger partial charge on any atom is 0.226 e. The first-order valence-electron chi connectivity index (χ1n) is 6.73. The molecule has 0 unspecified atom stereocenters. The number of hydrogen-bond donors (Lipinski definition) is 1. The molecule has 1 saturated heterocycles. The lowest BCUT2D eigenvalue weighted by Gasteiger charge is -2.22. The highest BCUT2D eigenvalue weighted by Crippen LogP contribution is 2.18. The summed E-state index contributed by atoms with van der Waals surface area (Å²) in [5, 5.41) is 3.46. The third-order valence-corrected chi connectivity index (χ3v) is 3.30. The molecule has 2 aromatic rings. The van der Waals surface area contributed by atoms with E-state index in [1.165, 1.54) is 6.42 Å². The van der Waals surface area contributed by atoms with Crippen molar-refractivity contribution in [3.8, 4) is 11.5 Å². The molecular formula is C15H18N2O2. The summed E-state index contributed by atoms with van der Waals surface area (Å²) >= 11 is 0. The van der Waals surface area contributed by atoms with Crippen LogP contribution >= 0.6 is 0 Å². The van der Waals surface area contributed by atoms with Crippen molar-refractivity contribution in [2.24, 2.45) is 0 Å². The van der Waals surface area contributed by atoms with E-state index in [4.69, 9.17) is 9.15 Å². The van der Waals surface area contributed by atoms with E-state index in [0.717, 1.165) is 37.4 Å². The van der Waals surface area contributed by atoms with Gasteiger partial charge in [0, 0.05) is 24.8 Å². The molecule has 1 aliphatic rings. The zero-order chi connectivity index (χ0) is 12.9. The number of nitrogens with zero attached hydrogens (tertiary/aromatic N) is 1. The van der Waals surface area contributed by atoms with Gasteiger partial charge in [-0.3, -0.25) is 0 Å². The Hall–Kier alpha value is -1.65. The lowest BCUT2D eigenvalue weighted by atomic mass is 10.1. The van der Waals surface area contributed by atoms with Gasteiger partial charge in [0.15, 0.2) is 0 Å². The van der Waals surface area contributed by atoms with Crippen molar-refractivity contribution in [1.82, 2.24) is 10.3 Å². The van der Waals surface area contributed by atoms with Gasteiger partial charge in [0.05, 0.1) is 12.3 Å². The van der Waals surface area contributed by atoms with Crippen LogP contribution in [0.4, 0.5) is 0 Å². The maximum absolute atomic E-state index is 5.51. The Morgan fingerprint density at radius 1 is 1.26 bits per heavy atom. The Morgan fingerprint density at radius 3 is 2.95 bits per heavy atom. The van der Waals surface area contributed by atoms with E-state index in [-0.39, 0.29) is 0 Å². The van der Waals surface area contributed by atoms with E-state index in [2.05, 4.69) is 10.3 Å². The lowest BCUT2D eigenvalue weighted by molar-refractivity contribution is 0.0698. The molecule has 1 fully saturated rings. The molecule has 1 atom stereocenters. The van der Waals surface area contributed by atoms with Gasteiger partial charge in [-0.15, -0.1) is 0 Å². The Labute approximate surface area is 112 Å². The monoisotopic (exact) mass is 258 g/mol. The summed E-state index contributed by atoms with van der Waals surface area (Å²) in [7, 11) is 0. The van der Waals surface area contributed by atoms with Crippen molar-refractivity contribution < 1.29 is 9.15 Å². The van der Waals surface area contributed by atoms with Crippen LogP contribution in [0.15, 0.2) is 41.0 Å². The molecule has 4 nitrogen and oxygen atoms in total. The number of benzene rings is 1. The predicted octanol–water partition coefficient (Wildman–Crippen LogP) is 2.61. The number of aromatic nitrogens is 1. The largest absolute Gasteiger partial charge is 0.444 e. The summed E-state index contributed by atoms with van der Waals surface area (Å²) in [5.41, 5.74) is 1.94. The Kier molecular flexibility index (Phi) is 3.91. The molecule has 0 amide bonds. The standard InChI is InChI=1S/C15H18N2O2/c1-2-5-12(6-3-1)15-17-14(11-19-15)9-16-13-7-4-8-18-10-13/h1-3,5-6,11,13,16H,4,7-10H2/t13-/m0/s1. The zero-order valence-electron chi connectivity index (χ0n) is 10.8.